The molecule has 2 rings (SSSR count). The van der Waals surface area contributed by atoms with Gasteiger partial charge in [-0.15, -0.1) is 0 Å². The zero-order chi connectivity index (χ0) is 12.1. The van der Waals surface area contributed by atoms with Gasteiger partial charge in [0, 0.05) is 19.6 Å². The molecular weight excluding hydrogens is 222 g/mol. The van der Waals surface area contributed by atoms with Crippen molar-refractivity contribution in [3.63, 3.8) is 0 Å². The van der Waals surface area contributed by atoms with Gasteiger partial charge in [0.1, 0.15) is 12.4 Å². The lowest BCUT2D eigenvalue weighted by Gasteiger charge is -2.25. The Balaban J connectivity index is 1.69. The second kappa shape index (κ2) is 5.84. The first kappa shape index (κ1) is 12.1. The Morgan fingerprint density at radius 2 is 2.18 bits per heavy atom. The first-order valence-corrected chi connectivity index (χ1v) is 5.79. The highest BCUT2D eigenvalue weighted by Crippen LogP contribution is 2.07. The molecule has 0 saturated carbocycles. The molecule has 5 nitrogen and oxygen atoms in total. The monoisotopic (exact) mass is 239 g/mol. The van der Waals surface area contributed by atoms with Crippen LogP contribution in [0.3, 0.4) is 0 Å². The van der Waals surface area contributed by atoms with E-state index >= 15 is 0 Å². The van der Waals surface area contributed by atoms with Crippen LogP contribution in [0.15, 0.2) is 16.5 Å². The largest absolute Gasteiger partial charge is 0.458 e. The lowest BCUT2D eigenvalue weighted by atomic mass is 10.4. The van der Waals surface area contributed by atoms with E-state index in [-0.39, 0.29) is 5.76 Å². The quantitative estimate of drug-likeness (QED) is 0.736. The van der Waals surface area contributed by atoms with Crippen LogP contribution in [0.5, 0.6) is 0 Å². The van der Waals surface area contributed by atoms with Crippen molar-refractivity contribution in [2.75, 3.05) is 39.5 Å². The molecule has 1 aliphatic heterocycles. The van der Waals surface area contributed by atoms with Crippen molar-refractivity contribution in [1.29, 1.82) is 0 Å². The second-order valence-corrected chi connectivity index (χ2v) is 4.00. The maximum absolute atomic E-state index is 11.5. The van der Waals surface area contributed by atoms with Crippen LogP contribution >= 0.6 is 0 Å². The van der Waals surface area contributed by atoms with E-state index in [2.05, 4.69) is 4.90 Å². The van der Waals surface area contributed by atoms with Crippen LogP contribution in [-0.2, 0) is 9.47 Å². The third-order valence-electron chi connectivity index (χ3n) is 2.69. The van der Waals surface area contributed by atoms with E-state index in [9.17, 15) is 4.79 Å². The number of morpholine rings is 1. The molecule has 94 valence electrons. The number of furan rings is 1. The smallest absolute Gasteiger partial charge is 0.374 e. The predicted octanol–water partition coefficient (Wildman–Crippen LogP) is 1.08. The van der Waals surface area contributed by atoms with Gasteiger partial charge in [0.25, 0.3) is 0 Å². The molecule has 5 heteroatoms. The standard InChI is InChI=1S/C12H17NO4/c1-10-2-3-11(17-10)12(14)16-9-6-13-4-7-15-8-5-13/h2-3H,4-9H2,1H3. The van der Waals surface area contributed by atoms with E-state index in [4.69, 9.17) is 13.9 Å². The summed E-state index contributed by atoms with van der Waals surface area (Å²) >= 11 is 0. The second-order valence-electron chi connectivity index (χ2n) is 4.00. The Kier molecular flexibility index (Phi) is 4.17. The highest BCUT2D eigenvalue weighted by atomic mass is 16.5. The fourth-order valence-electron chi connectivity index (χ4n) is 1.71. The number of hydrogen-bond donors (Lipinski definition) is 0. The Morgan fingerprint density at radius 3 is 2.82 bits per heavy atom. The molecule has 17 heavy (non-hydrogen) atoms. The lowest BCUT2D eigenvalue weighted by molar-refractivity contribution is 0.0182. The Hall–Kier alpha value is -1.33. The normalized spacial score (nSPS) is 17.0. The Labute approximate surface area is 100 Å². The number of carbonyl (C=O) groups excluding carboxylic acids is 1. The van der Waals surface area contributed by atoms with Gasteiger partial charge in [-0.25, -0.2) is 4.79 Å². The number of aryl methyl sites for hydroxylation is 1. The molecule has 0 aromatic carbocycles. The van der Waals surface area contributed by atoms with Crippen LogP contribution < -0.4 is 0 Å². The molecule has 2 heterocycles. The van der Waals surface area contributed by atoms with Crippen LogP contribution in [0.1, 0.15) is 16.3 Å². The summed E-state index contributed by atoms with van der Waals surface area (Å²) in [6.45, 7) is 6.24. The molecule has 1 saturated heterocycles. The highest BCUT2D eigenvalue weighted by Gasteiger charge is 2.13. The first-order chi connectivity index (χ1) is 8.25. The van der Waals surface area contributed by atoms with Crippen LogP contribution in [0.4, 0.5) is 0 Å². The van der Waals surface area contributed by atoms with Crippen LogP contribution in [-0.4, -0.2) is 50.3 Å². The van der Waals surface area contributed by atoms with E-state index in [1.807, 2.05) is 0 Å². The molecule has 1 aliphatic rings. The maximum Gasteiger partial charge on any atom is 0.374 e. The van der Waals surface area contributed by atoms with Crippen molar-refractivity contribution in [3.8, 4) is 0 Å². The van der Waals surface area contributed by atoms with Gasteiger partial charge < -0.3 is 13.9 Å². The molecular formula is C12H17NO4. The van der Waals surface area contributed by atoms with Crippen LogP contribution in [0, 0.1) is 6.92 Å². The molecule has 0 bridgehead atoms. The van der Waals surface area contributed by atoms with Crippen LogP contribution in [0.25, 0.3) is 0 Å². The van der Waals surface area contributed by atoms with Crippen molar-refractivity contribution in [1.82, 2.24) is 4.90 Å². The molecule has 0 aliphatic carbocycles. The number of carbonyl (C=O) groups is 1. The zero-order valence-electron chi connectivity index (χ0n) is 9.98. The predicted molar refractivity (Wildman–Crippen MR) is 61.0 cm³/mol. The number of esters is 1. The molecule has 0 amide bonds. The van der Waals surface area contributed by atoms with Crippen molar-refractivity contribution >= 4 is 5.97 Å². The molecule has 1 aromatic rings. The van der Waals surface area contributed by atoms with E-state index in [0.29, 0.717) is 12.4 Å². The molecule has 0 atom stereocenters. The van der Waals surface area contributed by atoms with Gasteiger partial charge in [0.15, 0.2) is 0 Å². The van der Waals surface area contributed by atoms with E-state index in [0.717, 1.165) is 32.8 Å². The summed E-state index contributed by atoms with van der Waals surface area (Å²) in [5.74, 6) is 0.584. The Bertz CT molecular complexity index is 368. The Morgan fingerprint density at radius 1 is 1.41 bits per heavy atom. The number of hydrogen-bond acceptors (Lipinski definition) is 5. The van der Waals surface area contributed by atoms with Crippen molar-refractivity contribution in [3.05, 3.63) is 23.7 Å². The van der Waals surface area contributed by atoms with Gasteiger partial charge in [-0.3, -0.25) is 4.90 Å². The number of nitrogens with zero attached hydrogens (tertiary/aromatic N) is 1. The molecule has 1 fully saturated rings. The van der Waals surface area contributed by atoms with Gasteiger partial charge in [-0.1, -0.05) is 0 Å². The summed E-state index contributed by atoms with van der Waals surface area (Å²) in [5, 5.41) is 0. The minimum atomic E-state index is -0.397. The van der Waals surface area contributed by atoms with Gasteiger partial charge in [-0.2, -0.15) is 0 Å². The van der Waals surface area contributed by atoms with E-state index in [1.54, 1.807) is 19.1 Å². The summed E-state index contributed by atoms with van der Waals surface area (Å²) in [6, 6.07) is 3.38. The minimum Gasteiger partial charge on any atom is -0.458 e. The van der Waals surface area contributed by atoms with Gasteiger partial charge >= 0.3 is 5.97 Å². The van der Waals surface area contributed by atoms with Gasteiger partial charge in [0.2, 0.25) is 5.76 Å². The van der Waals surface area contributed by atoms with Crippen molar-refractivity contribution in [2.45, 2.75) is 6.92 Å². The SMILES string of the molecule is Cc1ccc(C(=O)OCCN2CCOCC2)o1. The van der Waals surface area contributed by atoms with E-state index < -0.39 is 5.97 Å². The average molecular weight is 239 g/mol. The summed E-state index contributed by atoms with van der Waals surface area (Å²) < 4.78 is 15.5. The summed E-state index contributed by atoms with van der Waals surface area (Å²) in [7, 11) is 0. The topological polar surface area (TPSA) is 51.9 Å². The molecule has 0 spiro atoms. The highest BCUT2D eigenvalue weighted by molar-refractivity contribution is 5.86. The number of rotatable bonds is 4. The average Bonchev–Trinajstić information content (AvgIpc) is 2.77. The molecule has 0 unspecified atom stereocenters. The van der Waals surface area contributed by atoms with Gasteiger partial charge in [0.05, 0.1) is 13.2 Å². The maximum atomic E-state index is 11.5. The fourth-order valence-corrected chi connectivity index (χ4v) is 1.71. The van der Waals surface area contributed by atoms with Crippen molar-refractivity contribution < 1.29 is 18.7 Å². The lowest BCUT2D eigenvalue weighted by Crippen LogP contribution is -2.38. The summed E-state index contributed by atoms with van der Waals surface area (Å²) in [6.07, 6.45) is 0. The summed E-state index contributed by atoms with van der Waals surface area (Å²) in [5.41, 5.74) is 0. The fraction of sp³-hybridized carbons (Fsp3) is 0.583. The van der Waals surface area contributed by atoms with Crippen LogP contribution in [0.2, 0.25) is 0 Å². The first-order valence-electron chi connectivity index (χ1n) is 5.79. The third kappa shape index (κ3) is 3.57. The molecule has 1 aromatic heterocycles. The summed E-state index contributed by atoms with van der Waals surface area (Å²) in [4.78, 5) is 13.8. The number of ether oxygens (including phenoxy) is 2. The third-order valence-corrected chi connectivity index (χ3v) is 2.69. The zero-order valence-corrected chi connectivity index (χ0v) is 9.98. The molecule has 0 N–H and O–H groups in total. The van der Waals surface area contributed by atoms with E-state index in [1.165, 1.54) is 0 Å². The van der Waals surface area contributed by atoms with Gasteiger partial charge in [-0.05, 0) is 19.1 Å². The molecule has 0 radical (unpaired) electrons. The van der Waals surface area contributed by atoms with Crippen molar-refractivity contribution in [2.24, 2.45) is 0 Å². The minimum absolute atomic E-state index is 0.268.